The molecule has 6 aromatic rings. The van der Waals surface area contributed by atoms with Crippen LogP contribution >= 0.6 is 22.7 Å². The van der Waals surface area contributed by atoms with Crippen LogP contribution < -0.4 is 11.1 Å². The summed E-state index contributed by atoms with van der Waals surface area (Å²) >= 11 is 2.20. The van der Waals surface area contributed by atoms with E-state index in [9.17, 15) is 44.7 Å². The fourth-order valence-corrected chi connectivity index (χ4v) is 6.53. The second kappa shape index (κ2) is 14.8. The molecule has 0 unspecified atom stereocenters. The highest BCUT2D eigenvalue weighted by Gasteiger charge is 2.33. The Morgan fingerprint density at radius 1 is 0.596 bits per heavy atom. The molecule has 0 aliphatic heterocycles. The van der Waals surface area contributed by atoms with E-state index in [0.717, 1.165) is 46.9 Å². The molecule has 4 heterocycles. The summed E-state index contributed by atoms with van der Waals surface area (Å²) in [5.41, 5.74) is -1.96. The van der Waals surface area contributed by atoms with Crippen LogP contribution in [-0.4, -0.2) is 40.3 Å². The zero-order valence-corrected chi connectivity index (χ0v) is 28.7. The van der Waals surface area contributed by atoms with E-state index in [1.165, 1.54) is 12.1 Å². The van der Waals surface area contributed by atoms with Crippen LogP contribution in [0.5, 0.6) is 0 Å². The predicted molar refractivity (Wildman–Crippen MR) is 175 cm³/mol. The van der Waals surface area contributed by atoms with E-state index in [1.807, 2.05) is 0 Å². The van der Waals surface area contributed by atoms with E-state index in [0.29, 0.717) is 55.2 Å². The Kier molecular flexibility index (Phi) is 10.8. The number of rotatable bonds is 6. The molecule has 0 saturated carbocycles. The summed E-state index contributed by atoms with van der Waals surface area (Å²) in [4.78, 5) is 36.4. The summed E-state index contributed by atoms with van der Waals surface area (Å²) < 4.78 is 104. The summed E-state index contributed by atoms with van der Waals surface area (Å²) in [6.45, 7) is 6.47. The molecule has 0 spiro atoms. The summed E-state index contributed by atoms with van der Waals surface area (Å²) in [5, 5.41) is 17.4. The molecule has 0 amide bonds. The highest BCUT2D eigenvalue weighted by atomic mass is 32.1. The fraction of sp³-hybridized carbons (Fsp3) is 0.250. The van der Waals surface area contributed by atoms with E-state index >= 15 is 0 Å². The third-order valence-corrected chi connectivity index (χ3v) is 9.63. The molecule has 6 rings (SSSR count). The van der Waals surface area contributed by atoms with Crippen molar-refractivity contribution in [2.45, 2.75) is 51.9 Å². The Labute approximate surface area is 295 Å². The molecule has 10 nitrogen and oxygen atoms in total. The third kappa shape index (κ3) is 8.79. The lowest BCUT2D eigenvalue weighted by Crippen LogP contribution is -2.08. The zero-order valence-electron chi connectivity index (χ0n) is 27.1. The van der Waals surface area contributed by atoms with Gasteiger partial charge in [0.1, 0.15) is 44.7 Å². The number of aromatic nitrogens is 8. The smallest absolute Gasteiger partial charge is 0.311 e. The molecule has 2 atom stereocenters. The van der Waals surface area contributed by atoms with Crippen LogP contribution in [0.15, 0.2) is 58.1 Å². The van der Waals surface area contributed by atoms with Gasteiger partial charge in [-0.05, 0) is 49.2 Å². The number of hydrogen-bond donors (Lipinski definition) is 2. The molecule has 272 valence electrons. The van der Waals surface area contributed by atoms with Gasteiger partial charge in [-0.1, -0.05) is 48.7 Å². The number of benzene rings is 2. The lowest BCUT2D eigenvalue weighted by Gasteiger charge is -2.12. The monoisotopic (exact) mass is 768 g/mol. The molecule has 4 aromatic heterocycles. The molecule has 20 heteroatoms. The van der Waals surface area contributed by atoms with Crippen LogP contribution in [0.4, 0.5) is 35.1 Å². The molecule has 2 N–H and O–H groups in total. The third-order valence-electron chi connectivity index (χ3n) is 7.37. The van der Waals surface area contributed by atoms with Gasteiger partial charge in [0.2, 0.25) is 0 Å². The Hall–Kier alpha value is -5.24. The predicted octanol–water partition coefficient (Wildman–Crippen LogP) is 7.81. The van der Waals surface area contributed by atoms with Crippen LogP contribution in [0.1, 0.15) is 69.6 Å². The van der Waals surface area contributed by atoms with E-state index < -0.39 is 46.9 Å². The summed E-state index contributed by atoms with van der Waals surface area (Å²) in [7, 11) is 0. The maximum atomic E-state index is 14.2. The van der Waals surface area contributed by atoms with E-state index in [2.05, 4.69) is 40.3 Å². The maximum absolute atomic E-state index is 14.2. The van der Waals surface area contributed by atoms with Gasteiger partial charge in [0.15, 0.2) is 10.0 Å². The summed E-state index contributed by atoms with van der Waals surface area (Å²) in [5.74, 6) is -2.32. The second-order valence-electron chi connectivity index (χ2n) is 11.2. The first kappa shape index (κ1) is 38.0. The van der Waals surface area contributed by atoms with Gasteiger partial charge in [0, 0.05) is 24.0 Å². The molecule has 0 aliphatic rings. The van der Waals surface area contributed by atoms with Crippen LogP contribution in [0, 0.1) is 25.5 Å². The van der Waals surface area contributed by atoms with Crippen LogP contribution in [0.2, 0.25) is 0 Å². The molecule has 0 saturated heterocycles. The van der Waals surface area contributed by atoms with Gasteiger partial charge in [-0.2, -0.15) is 26.3 Å². The number of halogens is 8. The van der Waals surface area contributed by atoms with Gasteiger partial charge in [0.25, 0.3) is 11.1 Å². The zero-order chi connectivity index (χ0) is 38.1. The van der Waals surface area contributed by atoms with Gasteiger partial charge < -0.3 is 9.97 Å². The number of H-pyrrole nitrogens is 2. The number of aromatic amines is 2. The van der Waals surface area contributed by atoms with Crippen LogP contribution in [0.25, 0.3) is 21.4 Å². The standard InChI is InChI=1S/2C16H12F4N4OS/c2*1-7(10-4-3-9(5-11(10)17)16(18,19)20)14-23-24-15(26-14)12-6-13(25)22-8(2)21-12/h2*3-7H,1-2H3,(H,21,22,25)/t2*7-/m10/s1. The lowest BCUT2D eigenvalue weighted by molar-refractivity contribution is -0.138. The first-order valence-corrected chi connectivity index (χ1v) is 16.5. The quantitative estimate of drug-likeness (QED) is 0.164. The average Bonchev–Trinajstić information content (AvgIpc) is 3.74. The van der Waals surface area contributed by atoms with Crippen LogP contribution in [0.3, 0.4) is 0 Å². The van der Waals surface area contributed by atoms with Crippen molar-refractivity contribution in [1.82, 2.24) is 40.3 Å². The second-order valence-corrected chi connectivity index (χ2v) is 13.3. The SMILES string of the molecule is Cc1nc(-c2nnc([C@@H](C)c3ccc(C(F)(F)F)cc3F)s2)cc(=O)[nH]1.Cc1nc(-c2nnc([C@H](C)c3ccc(C(F)(F)F)cc3F)s2)cc(=O)[nH]1. The molecular formula is C32H24F8N8O2S2. The van der Waals surface area contributed by atoms with Gasteiger partial charge in [-0.3, -0.25) is 9.59 Å². The van der Waals surface area contributed by atoms with E-state index in [-0.39, 0.29) is 22.2 Å². The van der Waals surface area contributed by atoms with Crippen LogP contribution in [-0.2, 0) is 12.4 Å². The van der Waals surface area contributed by atoms with Gasteiger partial charge in [-0.15, -0.1) is 20.4 Å². The Morgan fingerprint density at radius 3 is 1.27 bits per heavy atom. The molecule has 0 fully saturated rings. The van der Waals surface area contributed by atoms with Gasteiger partial charge in [-0.25, -0.2) is 18.7 Å². The van der Waals surface area contributed by atoms with Gasteiger partial charge >= 0.3 is 12.4 Å². The molecule has 0 bridgehead atoms. The molecule has 2 aromatic carbocycles. The van der Waals surface area contributed by atoms with Gasteiger partial charge in [0.05, 0.1) is 11.1 Å². The number of alkyl halides is 6. The highest BCUT2D eigenvalue weighted by molar-refractivity contribution is 7.15. The van der Waals surface area contributed by atoms with Crippen molar-refractivity contribution in [3.05, 3.63) is 125 Å². The minimum atomic E-state index is -4.61. The minimum absolute atomic E-state index is 0.0794. The summed E-state index contributed by atoms with van der Waals surface area (Å²) in [6.07, 6.45) is -9.22. The van der Waals surface area contributed by atoms with Crippen molar-refractivity contribution < 1.29 is 35.1 Å². The van der Waals surface area contributed by atoms with E-state index in [1.54, 1.807) is 27.7 Å². The number of aryl methyl sites for hydroxylation is 2. The molecule has 0 radical (unpaired) electrons. The Morgan fingerprint density at radius 2 is 0.962 bits per heavy atom. The average molecular weight is 769 g/mol. The largest absolute Gasteiger partial charge is 0.416 e. The van der Waals surface area contributed by atoms with Crippen molar-refractivity contribution in [1.29, 1.82) is 0 Å². The fourth-order valence-electron chi connectivity index (χ4n) is 4.78. The first-order chi connectivity index (χ1) is 24.3. The summed E-state index contributed by atoms with van der Waals surface area (Å²) in [6, 6.07) is 7.32. The van der Waals surface area contributed by atoms with E-state index in [4.69, 9.17) is 0 Å². The Bertz CT molecular complexity index is 2190. The van der Waals surface area contributed by atoms with Crippen molar-refractivity contribution in [3.8, 4) is 21.4 Å². The molecule has 0 aliphatic carbocycles. The first-order valence-electron chi connectivity index (χ1n) is 14.9. The molecular weight excluding hydrogens is 745 g/mol. The number of hydrogen-bond acceptors (Lipinski definition) is 10. The lowest BCUT2D eigenvalue weighted by atomic mass is 9.99. The number of nitrogens with zero attached hydrogens (tertiary/aromatic N) is 6. The minimum Gasteiger partial charge on any atom is -0.311 e. The van der Waals surface area contributed by atoms with Crippen molar-refractivity contribution in [3.63, 3.8) is 0 Å². The number of nitrogens with one attached hydrogen (secondary N) is 2. The Balaban J connectivity index is 0.000000201. The highest BCUT2D eigenvalue weighted by Crippen LogP contribution is 2.37. The van der Waals surface area contributed by atoms with Crippen molar-refractivity contribution >= 4 is 22.7 Å². The normalized spacial score (nSPS) is 13.0. The van der Waals surface area contributed by atoms with Crippen molar-refractivity contribution in [2.75, 3.05) is 0 Å². The van der Waals surface area contributed by atoms with Crippen molar-refractivity contribution in [2.24, 2.45) is 0 Å². The topological polar surface area (TPSA) is 143 Å². The molecule has 52 heavy (non-hydrogen) atoms. The maximum Gasteiger partial charge on any atom is 0.416 e.